The van der Waals surface area contributed by atoms with Crippen molar-refractivity contribution in [1.82, 2.24) is 0 Å². The molecular weight excluding hydrogens is 216 g/mol. The zero-order chi connectivity index (χ0) is 8.97. The average Bonchev–Trinajstić information content (AvgIpc) is 2.05. The fourth-order valence-electron chi connectivity index (χ4n) is 1.29. The maximum Gasteiger partial charge on any atom is 0.0471 e. The summed E-state index contributed by atoms with van der Waals surface area (Å²) in [7, 11) is 0. The first-order valence-corrected chi connectivity index (χ1v) is 4.95. The Balaban J connectivity index is 2.95. The number of hydrogen-bond donors (Lipinski definition) is 1. The number of rotatable bonds is 3. The molecule has 0 aliphatic heterocycles. The molecule has 66 valence electrons. The van der Waals surface area contributed by atoms with E-state index in [1.54, 1.807) is 0 Å². The second-order valence-corrected chi connectivity index (χ2v) is 3.66. The SMILES string of the molecule is CCc1ccc(Br)cc1CCO. The summed E-state index contributed by atoms with van der Waals surface area (Å²) in [5.41, 5.74) is 2.57. The van der Waals surface area contributed by atoms with E-state index in [4.69, 9.17) is 5.11 Å². The van der Waals surface area contributed by atoms with Crippen molar-refractivity contribution < 1.29 is 5.11 Å². The molecule has 1 N–H and O–H groups in total. The predicted octanol–water partition coefficient (Wildman–Crippen LogP) is 2.55. The molecular formula is C10H13BrO. The number of benzene rings is 1. The molecule has 0 amide bonds. The molecule has 0 saturated heterocycles. The third-order valence-electron chi connectivity index (χ3n) is 1.93. The largest absolute Gasteiger partial charge is 0.396 e. The van der Waals surface area contributed by atoms with E-state index >= 15 is 0 Å². The summed E-state index contributed by atoms with van der Waals surface area (Å²) in [6, 6.07) is 6.23. The van der Waals surface area contributed by atoms with Crippen molar-refractivity contribution in [2.45, 2.75) is 19.8 Å². The molecule has 0 aliphatic rings. The van der Waals surface area contributed by atoms with Gasteiger partial charge in [-0.15, -0.1) is 0 Å². The molecule has 0 saturated carbocycles. The minimum atomic E-state index is 0.226. The number of aryl methyl sites for hydroxylation is 1. The van der Waals surface area contributed by atoms with Crippen LogP contribution in [0.3, 0.4) is 0 Å². The van der Waals surface area contributed by atoms with Gasteiger partial charge in [0, 0.05) is 11.1 Å². The van der Waals surface area contributed by atoms with Gasteiger partial charge in [0.25, 0.3) is 0 Å². The summed E-state index contributed by atoms with van der Waals surface area (Å²) < 4.78 is 1.09. The van der Waals surface area contributed by atoms with E-state index in [9.17, 15) is 0 Å². The molecule has 1 nitrogen and oxygen atoms in total. The van der Waals surface area contributed by atoms with Crippen LogP contribution in [0.1, 0.15) is 18.1 Å². The van der Waals surface area contributed by atoms with Crippen LogP contribution in [-0.2, 0) is 12.8 Å². The normalized spacial score (nSPS) is 10.2. The van der Waals surface area contributed by atoms with Crippen molar-refractivity contribution in [3.05, 3.63) is 33.8 Å². The highest BCUT2D eigenvalue weighted by Crippen LogP contribution is 2.17. The Morgan fingerprint density at radius 1 is 1.33 bits per heavy atom. The van der Waals surface area contributed by atoms with E-state index in [-0.39, 0.29) is 6.61 Å². The summed E-state index contributed by atoms with van der Waals surface area (Å²) in [6.45, 7) is 2.35. The van der Waals surface area contributed by atoms with Crippen molar-refractivity contribution in [2.75, 3.05) is 6.61 Å². The Hall–Kier alpha value is -0.340. The van der Waals surface area contributed by atoms with Gasteiger partial charge in [0.15, 0.2) is 0 Å². The van der Waals surface area contributed by atoms with Gasteiger partial charge >= 0.3 is 0 Å². The molecule has 0 aliphatic carbocycles. The summed E-state index contributed by atoms with van der Waals surface area (Å²) in [4.78, 5) is 0. The van der Waals surface area contributed by atoms with Gasteiger partial charge in [0.1, 0.15) is 0 Å². The van der Waals surface area contributed by atoms with Crippen LogP contribution < -0.4 is 0 Å². The fraction of sp³-hybridized carbons (Fsp3) is 0.400. The van der Waals surface area contributed by atoms with Crippen LogP contribution in [-0.4, -0.2) is 11.7 Å². The van der Waals surface area contributed by atoms with Gasteiger partial charge in [0.05, 0.1) is 0 Å². The molecule has 12 heavy (non-hydrogen) atoms. The lowest BCUT2D eigenvalue weighted by Gasteiger charge is -2.06. The van der Waals surface area contributed by atoms with Crippen molar-refractivity contribution in [2.24, 2.45) is 0 Å². The lowest BCUT2D eigenvalue weighted by atomic mass is 10.0. The fourth-order valence-corrected chi connectivity index (χ4v) is 1.70. The molecule has 2 heteroatoms. The quantitative estimate of drug-likeness (QED) is 0.844. The second-order valence-electron chi connectivity index (χ2n) is 2.74. The minimum Gasteiger partial charge on any atom is -0.396 e. The first-order valence-electron chi connectivity index (χ1n) is 4.16. The molecule has 0 atom stereocenters. The van der Waals surface area contributed by atoms with Crippen molar-refractivity contribution in [1.29, 1.82) is 0 Å². The number of hydrogen-bond acceptors (Lipinski definition) is 1. The Labute approximate surface area is 81.6 Å². The summed E-state index contributed by atoms with van der Waals surface area (Å²) in [5.74, 6) is 0. The monoisotopic (exact) mass is 228 g/mol. The molecule has 0 fully saturated rings. The molecule has 0 aromatic heterocycles. The predicted molar refractivity (Wildman–Crippen MR) is 54.3 cm³/mol. The molecule has 0 radical (unpaired) electrons. The second kappa shape index (κ2) is 4.63. The van der Waals surface area contributed by atoms with Gasteiger partial charge in [-0.2, -0.15) is 0 Å². The highest BCUT2D eigenvalue weighted by molar-refractivity contribution is 9.10. The Morgan fingerprint density at radius 2 is 2.08 bits per heavy atom. The molecule has 0 bridgehead atoms. The van der Waals surface area contributed by atoms with E-state index in [1.807, 2.05) is 6.07 Å². The zero-order valence-electron chi connectivity index (χ0n) is 7.18. The number of aliphatic hydroxyl groups excluding tert-OH is 1. The van der Waals surface area contributed by atoms with Gasteiger partial charge in [0.2, 0.25) is 0 Å². The number of aliphatic hydroxyl groups is 1. The van der Waals surface area contributed by atoms with E-state index in [0.717, 1.165) is 17.3 Å². The van der Waals surface area contributed by atoms with Crippen LogP contribution >= 0.6 is 15.9 Å². The third kappa shape index (κ3) is 2.32. The van der Waals surface area contributed by atoms with Crippen LogP contribution in [0.4, 0.5) is 0 Å². The van der Waals surface area contributed by atoms with Crippen molar-refractivity contribution in [3.8, 4) is 0 Å². The maximum atomic E-state index is 8.82. The Morgan fingerprint density at radius 3 is 2.67 bits per heavy atom. The average molecular weight is 229 g/mol. The molecule has 0 spiro atoms. The zero-order valence-corrected chi connectivity index (χ0v) is 8.76. The van der Waals surface area contributed by atoms with Crippen LogP contribution in [0.5, 0.6) is 0 Å². The van der Waals surface area contributed by atoms with Crippen LogP contribution in [0.25, 0.3) is 0 Å². The molecule has 0 heterocycles. The van der Waals surface area contributed by atoms with Crippen LogP contribution in [0.2, 0.25) is 0 Å². The van der Waals surface area contributed by atoms with Gasteiger partial charge in [-0.05, 0) is 36.1 Å². The highest BCUT2D eigenvalue weighted by atomic mass is 79.9. The van der Waals surface area contributed by atoms with Gasteiger partial charge in [-0.1, -0.05) is 28.9 Å². The molecule has 1 aromatic rings. The molecule has 1 aromatic carbocycles. The first kappa shape index (κ1) is 9.75. The smallest absolute Gasteiger partial charge is 0.0471 e. The Bertz CT molecular complexity index is 258. The Kier molecular flexibility index (Phi) is 3.76. The summed E-state index contributed by atoms with van der Waals surface area (Å²) in [5, 5.41) is 8.82. The third-order valence-corrected chi connectivity index (χ3v) is 2.42. The minimum absolute atomic E-state index is 0.226. The van der Waals surface area contributed by atoms with Crippen molar-refractivity contribution >= 4 is 15.9 Å². The first-order chi connectivity index (χ1) is 5.77. The van der Waals surface area contributed by atoms with Crippen LogP contribution in [0.15, 0.2) is 22.7 Å². The number of halogens is 1. The van der Waals surface area contributed by atoms with Gasteiger partial charge in [-0.25, -0.2) is 0 Å². The standard InChI is InChI=1S/C10H13BrO/c1-2-8-3-4-10(11)7-9(8)5-6-12/h3-4,7,12H,2,5-6H2,1H3. The lowest BCUT2D eigenvalue weighted by molar-refractivity contribution is 0.299. The summed E-state index contributed by atoms with van der Waals surface area (Å²) >= 11 is 3.41. The van der Waals surface area contributed by atoms with E-state index in [2.05, 4.69) is 35.0 Å². The molecule has 0 unspecified atom stereocenters. The van der Waals surface area contributed by atoms with Gasteiger partial charge < -0.3 is 5.11 Å². The maximum absolute atomic E-state index is 8.82. The lowest BCUT2D eigenvalue weighted by Crippen LogP contribution is -1.96. The summed E-state index contributed by atoms with van der Waals surface area (Å²) in [6.07, 6.45) is 1.78. The van der Waals surface area contributed by atoms with Crippen molar-refractivity contribution in [3.63, 3.8) is 0 Å². The molecule has 1 rings (SSSR count). The van der Waals surface area contributed by atoms with E-state index < -0.39 is 0 Å². The highest BCUT2D eigenvalue weighted by Gasteiger charge is 2.00. The van der Waals surface area contributed by atoms with E-state index in [1.165, 1.54) is 11.1 Å². The van der Waals surface area contributed by atoms with Gasteiger partial charge in [-0.3, -0.25) is 0 Å². The van der Waals surface area contributed by atoms with Crippen LogP contribution in [0, 0.1) is 0 Å². The van der Waals surface area contributed by atoms with E-state index in [0.29, 0.717) is 0 Å². The topological polar surface area (TPSA) is 20.2 Å².